The molecular weight excluding hydrogens is 311 g/mol. The van der Waals surface area contributed by atoms with E-state index in [4.69, 9.17) is 16.9 Å². The van der Waals surface area contributed by atoms with E-state index in [2.05, 4.69) is 11.0 Å². The molecule has 118 valence electrons. The van der Waals surface area contributed by atoms with Crippen LogP contribution >= 0.6 is 11.6 Å². The minimum atomic E-state index is -0.299. The molecule has 1 aliphatic rings. The molecule has 0 radical (unpaired) electrons. The highest BCUT2D eigenvalue weighted by atomic mass is 35.5. The van der Waals surface area contributed by atoms with Gasteiger partial charge in [0.15, 0.2) is 0 Å². The molecule has 1 fully saturated rings. The van der Waals surface area contributed by atoms with E-state index in [9.17, 15) is 4.39 Å². The maximum Gasteiger partial charge on any atom is 0.129 e. The molecule has 1 heterocycles. The third kappa shape index (κ3) is 3.72. The zero-order chi connectivity index (χ0) is 16.2. The zero-order valence-electron chi connectivity index (χ0n) is 12.8. The molecule has 0 amide bonds. The predicted molar refractivity (Wildman–Crippen MR) is 89.7 cm³/mol. The Hall–Kier alpha value is -1.89. The first-order valence-corrected chi connectivity index (χ1v) is 8.21. The molecule has 0 aromatic heterocycles. The highest BCUT2D eigenvalue weighted by Crippen LogP contribution is 2.26. The Morgan fingerprint density at radius 1 is 1.22 bits per heavy atom. The second kappa shape index (κ2) is 7.12. The molecule has 2 nitrogen and oxygen atoms in total. The Morgan fingerprint density at radius 2 is 2.04 bits per heavy atom. The van der Waals surface area contributed by atoms with Gasteiger partial charge in [-0.25, -0.2) is 4.39 Å². The fourth-order valence-corrected chi connectivity index (χ4v) is 3.43. The van der Waals surface area contributed by atoms with Gasteiger partial charge in [-0.2, -0.15) is 5.26 Å². The summed E-state index contributed by atoms with van der Waals surface area (Å²) in [5, 5.41) is 9.63. The number of nitriles is 1. The molecule has 0 bridgehead atoms. The summed E-state index contributed by atoms with van der Waals surface area (Å²) in [5.74, 6) is -0.299. The van der Waals surface area contributed by atoms with Crippen molar-refractivity contribution in [3.8, 4) is 6.07 Å². The SMILES string of the molecule is N#Cc1ccc(CN2CCC[C@H]2Cc2ccccc2Cl)c(F)c1. The third-order valence-electron chi connectivity index (χ3n) is 4.47. The Balaban J connectivity index is 1.72. The smallest absolute Gasteiger partial charge is 0.129 e. The Kier molecular flexibility index (Phi) is 4.95. The first-order chi connectivity index (χ1) is 11.2. The molecule has 0 N–H and O–H groups in total. The van der Waals surface area contributed by atoms with E-state index in [-0.39, 0.29) is 5.82 Å². The van der Waals surface area contributed by atoms with E-state index in [1.54, 1.807) is 12.1 Å². The molecule has 1 saturated heterocycles. The van der Waals surface area contributed by atoms with Gasteiger partial charge in [-0.15, -0.1) is 0 Å². The Bertz CT molecular complexity index is 738. The normalized spacial score (nSPS) is 18.0. The summed E-state index contributed by atoms with van der Waals surface area (Å²) in [7, 11) is 0. The van der Waals surface area contributed by atoms with Gasteiger partial charge in [0.2, 0.25) is 0 Å². The minimum absolute atomic E-state index is 0.299. The van der Waals surface area contributed by atoms with Gasteiger partial charge in [0.1, 0.15) is 5.82 Å². The molecule has 0 unspecified atom stereocenters. The molecule has 0 spiro atoms. The fourth-order valence-electron chi connectivity index (χ4n) is 3.22. The van der Waals surface area contributed by atoms with Crippen molar-refractivity contribution in [2.45, 2.75) is 31.8 Å². The quantitative estimate of drug-likeness (QED) is 0.822. The first-order valence-electron chi connectivity index (χ1n) is 7.83. The van der Waals surface area contributed by atoms with Crippen molar-refractivity contribution in [1.82, 2.24) is 4.90 Å². The van der Waals surface area contributed by atoms with Crippen LogP contribution in [0.2, 0.25) is 5.02 Å². The average molecular weight is 329 g/mol. The Morgan fingerprint density at radius 3 is 2.78 bits per heavy atom. The summed E-state index contributed by atoms with van der Waals surface area (Å²) in [6.45, 7) is 1.54. The molecular formula is C19H18ClFN2. The van der Waals surface area contributed by atoms with Crippen LogP contribution in [0.4, 0.5) is 4.39 Å². The van der Waals surface area contributed by atoms with Gasteiger partial charge in [0, 0.05) is 23.2 Å². The summed E-state index contributed by atoms with van der Waals surface area (Å²) < 4.78 is 14.1. The lowest BCUT2D eigenvalue weighted by molar-refractivity contribution is 0.241. The second-order valence-corrected chi connectivity index (χ2v) is 6.39. The lowest BCUT2D eigenvalue weighted by atomic mass is 10.0. The summed E-state index contributed by atoms with van der Waals surface area (Å²) in [6.07, 6.45) is 3.10. The van der Waals surface area contributed by atoms with E-state index >= 15 is 0 Å². The van der Waals surface area contributed by atoms with Crippen LogP contribution in [0.3, 0.4) is 0 Å². The van der Waals surface area contributed by atoms with Crippen LogP contribution in [-0.4, -0.2) is 17.5 Å². The number of nitrogens with zero attached hydrogens (tertiary/aromatic N) is 2. The Labute approximate surface area is 141 Å². The number of benzene rings is 2. The average Bonchev–Trinajstić information content (AvgIpc) is 2.98. The van der Waals surface area contributed by atoms with Crippen LogP contribution in [-0.2, 0) is 13.0 Å². The first kappa shape index (κ1) is 16.0. The van der Waals surface area contributed by atoms with Crippen molar-refractivity contribution in [2.75, 3.05) is 6.54 Å². The van der Waals surface area contributed by atoms with Crippen molar-refractivity contribution in [1.29, 1.82) is 5.26 Å². The third-order valence-corrected chi connectivity index (χ3v) is 4.84. The minimum Gasteiger partial charge on any atom is -0.296 e. The standard InChI is InChI=1S/C19H18ClFN2/c20-18-6-2-1-4-15(18)11-17-5-3-9-23(17)13-16-8-7-14(12-22)10-19(16)21/h1-2,4,6-8,10,17H,3,5,9,11,13H2/t17-/m0/s1. The molecule has 23 heavy (non-hydrogen) atoms. The number of hydrogen-bond acceptors (Lipinski definition) is 2. The molecule has 2 aromatic rings. The van der Waals surface area contributed by atoms with E-state index in [0.29, 0.717) is 23.7 Å². The fraction of sp³-hybridized carbons (Fsp3) is 0.316. The van der Waals surface area contributed by atoms with Gasteiger partial charge in [-0.05, 0) is 49.6 Å². The number of likely N-dealkylation sites (tertiary alicyclic amines) is 1. The van der Waals surface area contributed by atoms with Gasteiger partial charge in [-0.3, -0.25) is 4.90 Å². The van der Waals surface area contributed by atoms with Crippen molar-refractivity contribution in [2.24, 2.45) is 0 Å². The lowest BCUT2D eigenvalue weighted by Crippen LogP contribution is -2.31. The van der Waals surface area contributed by atoms with Crippen LogP contribution in [0.15, 0.2) is 42.5 Å². The van der Waals surface area contributed by atoms with Crippen LogP contribution in [0.1, 0.15) is 29.5 Å². The van der Waals surface area contributed by atoms with Gasteiger partial charge in [0.05, 0.1) is 11.6 Å². The molecule has 3 rings (SSSR count). The van der Waals surface area contributed by atoms with Gasteiger partial charge < -0.3 is 0 Å². The highest BCUT2D eigenvalue weighted by Gasteiger charge is 2.26. The van der Waals surface area contributed by atoms with Gasteiger partial charge in [-0.1, -0.05) is 35.9 Å². The van der Waals surface area contributed by atoms with Crippen molar-refractivity contribution < 1.29 is 4.39 Å². The van der Waals surface area contributed by atoms with Crippen LogP contribution in [0.25, 0.3) is 0 Å². The molecule has 1 aliphatic heterocycles. The second-order valence-electron chi connectivity index (χ2n) is 5.98. The summed E-state index contributed by atoms with van der Waals surface area (Å²) in [6, 6.07) is 15.0. The lowest BCUT2D eigenvalue weighted by Gasteiger charge is -2.25. The van der Waals surface area contributed by atoms with Crippen LogP contribution in [0.5, 0.6) is 0 Å². The number of hydrogen-bond donors (Lipinski definition) is 0. The highest BCUT2D eigenvalue weighted by molar-refractivity contribution is 6.31. The molecule has 0 saturated carbocycles. The van der Waals surface area contributed by atoms with Gasteiger partial charge in [0.25, 0.3) is 0 Å². The van der Waals surface area contributed by atoms with E-state index in [1.807, 2.05) is 24.3 Å². The van der Waals surface area contributed by atoms with E-state index < -0.39 is 0 Å². The number of halogens is 2. The van der Waals surface area contributed by atoms with Crippen LogP contribution in [0, 0.1) is 17.1 Å². The van der Waals surface area contributed by atoms with E-state index in [0.717, 1.165) is 36.4 Å². The topological polar surface area (TPSA) is 27.0 Å². The zero-order valence-corrected chi connectivity index (χ0v) is 13.6. The van der Waals surface area contributed by atoms with Crippen LogP contribution < -0.4 is 0 Å². The van der Waals surface area contributed by atoms with Crippen molar-refractivity contribution in [3.63, 3.8) is 0 Å². The molecule has 1 atom stereocenters. The van der Waals surface area contributed by atoms with Crippen molar-refractivity contribution in [3.05, 3.63) is 70.0 Å². The monoisotopic (exact) mass is 328 g/mol. The molecule has 2 aromatic carbocycles. The summed E-state index contributed by atoms with van der Waals surface area (Å²) in [4.78, 5) is 2.31. The number of rotatable bonds is 4. The maximum atomic E-state index is 14.1. The predicted octanol–water partition coefficient (Wildman–Crippen LogP) is 4.56. The molecule has 4 heteroatoms. The van der Waals surface area contributed by atoms with E-state index in [1.165, 1.54) is 6.07 Å². The van der Waals surface area contributed by atoms with Gasteiger partial charge >= 0.3 is 0 Å². The van der Waals surface area contributed by atoms with Crippen molar-refractivity contribution >= 4 is 11.6 Å². The summed E-state index contributed by atoms with van der Waals surface area (Å²) >= 11 is 6.26. The largest absolute Gasteiger partial charge is 0.296 e. The summed E-state index contributed by atoms with van der Waals surface area (Å²) in [5.41, 5.74) is 2.15. The maximum absolute atomic E-state index is 14.1. The molecule has 0 aliphatic carbocycles.